The number of aryl methyl sites for hydroxylation is 2. The summed E-state index contributed by atoms with van der Waals surface area (Å²) in [6, 6.07) is 10.5. The van der Waals surface area contributed by atoms with Gasteiger partial charge in [-0.2, -0.15) is 0 Å². The summed E-state index contributed by atoms with van der Waals surface area (Å²) in [6.45, 7) is 1.80. The Morgan fingerprint density at radius 2 is 2.08 bits per heavy atom. The number of benzene rings is 1. The number of ether oxygens (including phenoxy) is 1. The quantitative estimate of drug-likeness (QED) is 0.783. The zero-order chi connectivity index (χ0) is 17.1. The van der Waals surface area contributed by atoms with Crippen LogP contribution in [0.3, 0.4) is 0 Å². The highest BCUT2D eigenvalue weighted by Gasteiger charge is 2.25. The van der Waals surface area contributed by atoms with Gasteiger partial charge in [0, 0.05) is 25.0 Å². The molecule has 0 saturated carbocycles. The molecule has 3 rings (SSSR count). The van der Waals surface area contributed by atoms with Gasteiger partial charge in [0.15, 0.2) is 5.76 Å². The van der Waals surface area contributed by atoms with Gasteiger partial charge in [-0.05, 0) is 25.1 Å². The van der Waals surface area contributed by atoms with Crippen molar-refractivity contribution < 1.29 is 13.9 Å². The first-order valence-electron chi connectivity index (χ1n) is 7.57. The van der Waals surface area contributed by atoms with E-state index in [1.165, 1.54) is 0 Å². The molecule has 0 aliphatic carbocycles. The second-order valence-electron chi connectivity index (χ2n) is 5.46. The lowest BCUT2D eigenvalue weighted by Gasteiger charge is -2.20. The lowest BCUT2D eigenvalue weighted by molar-refractivity contribution is 0.0911. The zero-order valence-corrected chi connectivity index (χ0v) is 13.8. The number of methoxy groups -OCH3 is 1. The predicted octanol–water partition coefficient (Wildman–Crippen LogP) is 2.85. The van der Waals surface area contributed by atoms with E-state index >= 15 is 0 Å². The van der Waals surface area contributed by atoms with Crippen molar-refractivity contribution in [2.24, 2.45) is 7.05 Å². The molecule has 1 atom stereocenters. The van der Waals surface area contributed by atoms with Gasteiger partial charge in [-0.3, -0.25) is 4.79 Å². The van der Waals surface area contributed by atoms with Gasteiger partial charge < -0.3 is 19.0 Å². The van der Waals surface area contributed by atoms with Crippen LogP contribution in [0.25, 0.3) is 0 Å². The predicted molar refractivity (Wildman–Crippen MR) is 89.0 cm³/mol. The summed E-state index contributed by atoms with van der Waals surface area (Å²) in [5.74, 6) is 2.03. The molecule has 24 heavy (non-hydrogen) atoms. The highest BCUT2D eigenvalue weighted by atomic mass is 16.5. The Hall–Kier alpha value is -3.02. The smallest absolute Gasteiger partial charge is 0.287 e. The van der Waals surface area contributed by atoms with E-state index in [0.29, 0.717) is 17.3 Å². The van der Waals surface area contributed by atoms with Crippen LogP contribution in [0.15, 0.2) is 53.2 Å². The van der Waals surface area contributed by atoms with Crippen LogP contribution >= 0.6 is 0 Å². The van der Waals surface area contributed by atoms with E-state index in [9.17, 15) is 4.79 Å². The van der Waals surface area contributed by atoms with Crippen LogP contribution in [0.5, 0.6) is 5.75 Å². The first-order valence-corrected chi connectivity index (χ1v) is 7.57. The maximum absolute atomic E-state index is 12.6. The number of hydrogen-bond donors (Lipinski definition) is 1. The Bertz CT molecular complexity index is 851. The minimum atomic E-state index is -0.459. The van der Waals surface area contributed by atoms with Crippen molar-refractivity contribution in [1.82, 2.24) is 14.9 Å². The molecule has 1 aromatic carbocycles. The van der Waals surface area contributed by atoms with Gasteiger partial charge >= 0.3 is 0 Å². The number of nitrogens with zero attached hydrogens (tertiary/aromatic N) is 2. The normalized spacial score (nSPS) is 12.0. The molecular weight excluding hydrogens is 306 g/mol. The second-order valence-corrected chi connectivity index (χ2v) is 5.46. The van der Waals surface area contributed by atoms with E-state index in [4.69, 9.17) is 9.15 Å². The minimum Gasteiger partial charge on any atom is -0.496 e. The topological polar surface area (TPSA) is 69.3 Å². The molecule has 6 nitrogen and oxygen atoms in total. The molecule has 1 amide bonds. The first-order chi connectivity index (χ1) is 11.6. The summed E-state index contributed by atoms with van der Waals surface area (Å²) in [5, 5.41) is 2.98. The highest BCUT2D eigenvalue weighted by Crippen LogP contribution is 2.29. The van der Waals surface area contributed by atoms with E-state index in [1.807, 2.05) is 42.1 Å². The number of furan rings is 1. The summed E-state index contributed by atoms with van der Waals surface area (Å²) >= 11 is 0. The first kappa shape index (κ1) is 15.9. The third-order valence-corrected chi connectivity index (χ3v) is 3.81. The van der Waals surface area contributed by atoms with Gasteiger partial charge in [-0.1, -0.05) is 18.2 Å². The lowest BCUT2D eigenvalue weighted by atomic mass is 10.0. The second kappa shape index (κ2) is 6.62. The Morgan fingerprint density at radius 1 is 1.29 bits per heavy atom. The molecule has 124 valence electrons. The average Bonchev–Trinajstić information content (AvgIpc) is 3.21. The van der Waals surface area contributed by atoms with E-state index in [2.05, 4.69) is 10.3 Å². The van der Waals surface area contributed by atoms with Gasteiger partial charge in [-0.25, -0.2) is 4.98 Å². The fraction of sp³-hybridized carbons (Fsp3) is 0.222. The molecule has 0 radical (unpaired) electrons. The number of aromatic nitrogens is 2. The molecule has 2 aromatic heterocycles. The van der Waals surface area contributed by atoms with Crippen molar-refractivity contribution in [2.45, 2.75) is 13.0 Å². The number of imidazole rings is 1. The molecule has 3 aromatic rings. The monoisotopic (exact) mass is 325 g/mol. The zero-order valence-electron chi connectivity index (χ0n) is 13.8. The molecule has 0 unspecified atom stereocenters. The van der Waals surface area contributed by atoms with Crippen molar-refractivity contribution in [1.29, 1.82) is 0 Å². The van der Waals surface area contributed by atoms with Crippen LogP contribution in [0.1, 0.15) is 33.7 Å². The van der Waals surface area contributed by atoms with Crippen LogP contribution in [0.4, 0.5) is 0 Å². The van der Waals surface area contributed by atoms with Crippen molar-refractivity contribution in [3.05, 3.63) is 71.7 Å². The molecule has 0 fully saturated rings. The molecule has 0 aliphatic rings. The van der Waals surface area contributed by atoms with Gasteiger partial charge in [0.2, 0.25) is 0 Å². The van der Waals surface area contributed by atoms with Crippen LogP contribution in [-0.4, -0.2) is 22.6 Å². The fourth-order valence-corrected chi connectivity index (χ4v) is 2.60. The van der Waals surface area contributed by atoms with Crippen LogP contribution in [-0.2, 0) is 7.05 Å². The third-order valence-electron chi connectivity index (χ3n) is 3.81. The summed E-state index contributed by atoms with van der Waals surface area (Å²) in [6.07, 6.45) is 3.53. The summed E-state index contributed by atoms with van der Waals surface area (Å²) in [7, 11) is 3.49. The van der Waals surface area contributed by atoms with E-state index in [-0.39, 0.29) is 11.7 Å². The Balaban J connectivity index is 2.00. The van der Waals surface area contributed by atoms with Crippen LogP contribution in [0.2, 0.25) is 0 Å². The van der Waals surface area contributed by atoms with Gasteiger partial charge in [0.25, 0.3) is 5.91 Å². The Morgan fingerprint density at radius 3 is 2.71 bits per heavy atom. The Labute approximate surface area is 140 Å². The maximum Gasteiger partial charge on any atom is 0.287 e. The molecule has 6 heteroatoms. The fourth-order valence-electron chi connectivity index (χ4n) is 2.60. The molecule has 0 saturated heterocycles. The number of rotatable bonds is 5. The highest BCUT2D eigenvalue weighted by molar-refractivity contribution is 5.92. The van der Waals surface area contributed by atoms with Gasteiger partial charge in [0.05, 0.1) is 7.11 Å². The number of amides is 1. The SMILES string of the molecule is COc1ccccc1[C@H](NC(=O)c1ccc(C)o1)c1nccn1C. The Kier molecular flexibility index (Phi) is 4.37. The van der Waals surface area contributed by atoms with Crippen molar-refractivity contribution in [2.75, 3.05) is 7.11 Å². The standard InChI is InChI=1S/C18H19N3O3/c1-12-8-9-15(24-12)18(22)20-16(17-19-10-11-21(17)2)13-6-4-5-7-14(13)23-3/h4-11,16H,1-3H3,(H,20,22)/t16-/m0/s1. The molecule has 0 spiro atoms. The number of nitrogens with one attached hydrogen (secondary N) is 1. The number of carbonyl (C=O) groups is 1. The average molecular weight is 325 g/mol. The van der Waals surface area contributed by atoms with E-state index in [1.54, 1.807) is 32.4 Å². The van der Waals surface area contributed by atoms with Crippen molar-refractivity contribution in [3.63, 3.8) is 0 Å². The van der Waals surface area contributed by atoms with E-state index < -0.39 is 6.04 Å². The van der Waals surface area contributed by atoms with Crippen molar-refractivity contribution in [3.8, 4) is 5.75 Å². The van der Waals surface area contributed by atoms with E-state index in [0.717, 1.165) is 5.56 Å². The van der Waals surface area contributed by atoms with Crippen LogP contribution in [0, 0.1) is 6.92 Å². The lowest BCUT2D eigenvalue weighted by Crippen LogP contribution is -2.31. The number of carbonyl (C=O) groups excluding carboxylic acids is 1. The van der Waals surface area contributed by atoms with Crippen molar-refractivity contribution >= 4 is 5.91 Å². The van der Waals surface area contributed by atoms with Gasteiger partial charge in [0.1, 0.15) is 23.4 Å². The number of para-hydroxylation sites is 1. The third kappa shape index (κ3) is 3.03. The van der Waals surface area contributed by atoms with Crippen LogP contribution < -0.4 is 10.1 Å². The number of hydrogen-bond acceptors (Lipinski definition) is 4. The molecular formula is C18H19N3O3. The molecule has 1 N–H and O–H groups in total. The summed E-state index contributed by atoms with van der Waals surface area (Å²) in [5.41, 5.74) is 0.825. The molecule has 0 aliphatic heterocycles. The summed E-state index contributed by atoms with van der Waals surface area (Å²) in [4.78, 5) is 16.9. The largest absolute Gasteiger partial charge is 0.496 e. The minimum absolute atomic E-state index is 0.265. The molecule has 0 bridgehead atoms. The summed E-state index contributed by atoms with van der Waals surface area (Å²) < 4.78 is 12.7. The maximum atomic E-state index is 12.6. The van der Waals surface area contributed by atoms with Gasteiger partial charge in [-0.15, -0.1) is 0 Å². The molecule has 2 heterocycles.